The fraction of sp³-hybridized carbons (Fsp3) is 0.292. The number of methoxy groups -OCH3 is 1. The second-order valence-electron chi connectivity index (χ2n) is 9.84. The summed E-state index contributed by atoms with van der Waals surface area (Å²) in [6, 6.07) is 6.83. The molecule has 1 aliphatic rings. The Labute approximate surface area is 185 Å². The second-order valence-corrected chi connectivity index (χ2v) is 14.9. The molecule has 2 aromatic heterocycles. The summed E-state index contributed by atoms with van der Waals surface area (Å²) in [5.41, 5.74) is 2.41. The van der Waals surface area contributed by atoms with Gasteiger partial charge in [-0.25, -0.2) is 4.39 Å². The maximum atomic E-state index is 14.3. The smallest absolute Gasteiger partial charge is 0.254 e. The monoisotopic (exact) mass is 449 g/mol. The first-order valence-electron chi connectivity index (χ1n) is 10.5. The lowest BCUT2D eigenvalue weighted by Gasteiger charge is -2.42. The van der Waals surface area contributed by atoms with E-state index in [1.54, 1.807) is 7.11 Å². The van der Waals surface area contributed by atoms with Gasteiger partial charge in [-0.1, -0.05) is 33.9 Å². The molecule has 32 heavy (non-hydrogen) atoms. The van der Waals surface area contributed by atoms with Gasteiger partial charge >= 0.3 is 0 Å². The Balaban J connectivity index is 1.97. The zero-order chi connectivity index (χ0) is 23.2. The highest BCUT2D eigenvalue weighted by molar-refractivity contribution is 6.83. The number of nitrogens with one attached hydrogen (secondary N) is 1. The largest absolute Gasteiger partial charge is 0.497 e. The Bertz CT molecular complexity index is 1480. The van der Waals surface area contributed by atoms with Gasteiger partial charge in [0.15, 0.2) is 8.24 Å². The summed E-state index contributed by atoms with van der Waals surface area (Å²) in [5, 5.41) is 1.50. The molecular formula is C24H24FN3O3Si. The summed E-state index contributed by atoms with van der Waals surface area (Å²) in [5.74, 6) is -0.607. The van der Waals surface area contributed by atoms with Crippen LogP contribution in [0.5, 0.6) is 5.75 Å². The number of H-pyrrole nitrogens is 1. The van der Waals surface area contributed by atoms with Crippen molar-refractivity contribution in [2.24, 2.45) is 0 Å². The quantitative estimate of drug-likeness (QED) is 0.318. The number of rotatable bonds is 2. The average Bonchev–Trinajstić information content (AvgIpc) is 3.21. The SMILES string of the molecule is COc1ccc2[nH]c3c4ncc(F)cc4c4c(c3c2c1)C(=O)N([Si](C)(C)C(C)(C)C)C4=O. The minimum Gasteiger partial charge on any atom is -0.497 e. The Morgan fingerprint density at radius 1 is 1.06 bits per heavy atom. The number of hydrogen-bond donors (Lipinski definition) is 1. The number of carbonyl (C=O) groups is 2. The van der Waals surface area contributed by atoms with Gasteiger partial charge in [0.05, 0.1) is 35.5 Å². The van der Waals surface area contributed by atoms with E-state index in [0.717, 1.165) is 17.1 Å². The van der Waals surface area contributed by atoms with Gasteiger partial charge in [-0.3, -0.25) is 14.6 Å². The van der Waals surface area contributed by atoms with Crippen molar-refractivity contribution < 1.29 is 18.7 Å². The number of aromatic nitrogens is 2. The Morgan fingerprint density at radius 2 is 1.75 bits per heavy atom. The number of aromatic amines is 1. The molecule has 2 aromatic carbocycles. The van der Waals surface area contributed by atoms with Gasteiger partial charge in [-0.05, 0) is 29.3 Å². The number of pyridine rings is 1. The number of fused-ring (bicyclic) bond motifs is 8. The highest BCUT2D eigenvalue weighted by atomic mass is 28.3. The van der Waals surface area contributed by atoms with Crippen molar-refractivity contribution in [3.8, 4) is 5.75 Å². The predicted molar refractivity (Wildman–Crippen MR) is 125 cm³/mol. The first-order valence-corrected chi connectivity index (χ1v) is 13.4. The van der Waals surface area contributed by atoms with Gasteiger partial charge in [0, 0.05) is 21.7 Å². The molecule has 0 saturated carbocycles. The molecule has 1 aliphatic heterocycles. The van der Waals surface area contributed by atoms with Crippen LogP contribution in [-0.2, 0) is 0 Å². The molecule has 8 heteroatoms. The Morgan fingerprint density at radius 3 is 2.41 bits per heavy atom. The number of nitrogens with zero attached hydrogens (tertiary/aromatic N) is 2. The van der Waals surface area contributed by atoms with Crippen LogP contribution in [0.15, 0.2) is 30.5 Å². The lowest BCUT2D eigenvalue weighted by molar-refractivity contribution is 0.0747. The first kappa shape index (κ1) is 20.6. The van der Waals surface area contributed by atoms with Crippen molar-refractivity contribution in [1.29, 1.82) is 0 Å². The zero-order valence-electron chi connectivity index (χ0n) is 18.9. The van der Waals surface area contributed by atoms with E-state index in [2.05, 4.69) is 9.97 Å². The summed E-state index contributed by atoms with van der Waals surface area (Å²) in [6.45, 7) is 10.2. The summed E-state index contributed by atoms with van der Waals surface area (Å²) in [6.07, 6.45) is 1.13. The Hall–Kier alpha value is -3.26. The highest BCUT2D eigenvalue weighted by Gasteiger charge is 2.52. The molecule has 6 nitrogen and oxygen atoms in total. The molecule has 3 heterocycles. The molecule has 0 saturated heterocycles. The fourth-order valence-electron chi connectivity index (χ4n) is 4.42. The van der Waals surface area contributed by atoms with Crippen LogP contribution in [0.1, 0.15) is 41.5 Å². The molecule has 1 N–H and O–H groups in total. The van der Waals surface area contributed by atoms with Crippen LogP contribution in [0.4, 0.5) is 4.39 Å². The number of halogens is 1. The molecule has 2 amide bonds. The third kappa shape index (κ3) is 2.53. The summed E-state index contributed by atoms with van der Waals surface area (Å²) in [7, 11) is -0.986. The summed E-state index contributed by atoms with van der Waals surface area (Å²) >= 11 is 0. The molecule has 0 unspecified atom stereocenters. The Kier molecular flexibility index (Phi) is 4.11. The standard InChI is InChI=1S/C24H24FN3O3Si/c1-24(2,3)32(5,6)28-22(29)18-15-9-12(25)11-26-20(15)21-17(19(18)23(28)30)14-10-13(31-4)7-8-16(14)27-21/h7-11,27H,1-6H3. The molecule has 0 bridgehead atoms. The number of imide groups is 1. The van der Waals surface area contributed by atoms with Crippen molar-refractivity contribution in [2.75, 3.05) is 7.11 Å². The van der Waals surface area contributed by atoms with E-state index in [1.165, 1.54) is 10.6 Å². The van der Waals surface area contributed by atoms with E-state index in [-0.39, 0.29) is 22.4 Å². The average molecular weight is 450 g/mol. The highest BCUT2D eigenvalue weighted by Crippen LogP contribution is 2.46. The molecule has 0 radical (unpaired) electrons. The number of benzene rings is 2. The summed E-state index contributed by atoms with van der Waals surface area (Å²) in [4.78, 5) is 35.4. The van der Waals surface area contributed by atoms with E-state index < -0.39 is 14.1 Å². The molecule has 0 aliphatic carbocycles. The minimum atomic E-state index is -2.56. The predicted octanol–water partition coefficient (Wildman–Crippen LogP) is 5.62. The molecule has 0 atom stereocenters. The zero-order valence-corrected chi connectivity index (χ0v) is 19.9. The van der Waals surface area contributed by atoms with Crippen LogP contribution in [0, 0.1) is 5.82 Å². The van der Waals surface area contributed by atoms with E-state index in [4.69, 9.17) is 4.74 Å². The van der Waals surface area contributed by atoms with Crippen molar-refractivity contribution in [3.05, 3.63) is 47.4 Å². The van der Waals surface area contributed by atoms with Gasteiger partial charge in [0.25, 0.3) is 11.8 Å². The van der Waals surface area contributed by atoms with Crippen molar-refractivity contribution >= 4 is 52.8 Å². The van der Waals surface area contributed by atoms with Crippen molar-refractivity contribution in [3.63, 3.8) is 0 Å². The maximum absolute atomic E-state index is 14.3. The molecule has 0 fully saturated rings. The third-order valence-corrected chi connectivity index (χ3v) is 12.3. The topological polar surface area (TPSA) is 75.3 Å². The lowest BCUT2D eigenvalue weighted by atomic mass is 9.97. The molecule has 164 valence electrons. The number of hydrogen-bond acceptors (Lipinski definition) is 4. The van der Waals surface area contributed by atoms with Crippen molar-refractivity contribution in [1.82, 2.24) is 14.5 Å². The molecular weight excluding hydrogens is 425 g/mol. The normalized spacial score (nSPS) is 14.8. The minimum absolute atomic E-state index is 0.234. The summed E-state index contributed by atoms with van der Waals surface area (Å²) < 4.78 is 21.1. The maximum Gasteiger partial charge on any atom is 0.254 e. The number of ether oxygens (including phenoxy) is 1. The van der Waals surface area contributed by atoms with Gasteiger partial charge < -0.3 is 14.3 Å². The van der Waals surface area contributed by atoms with Gasteiger partial charge in [-0.15, -0.1) is 0 Å². The van der Waals surface area contributed by atoms with Crippen LogP contribution < -0.4 is 4.74 Å². The van der Waals surface area contributed by atoms with E-state index in [0.29, 0.717) is 33.1 Å². The van der Waals surface area contributed by atoms with Crippen LogP contribution in [-0.4, -0.2) is 41.7 Å². The number of carbonyl (C=O) groups excluding carboxylic acids is 2. The van der Waals surface area contributed by atoms with Crippen LogP contribution in [0.25, 0.3) is 32.7 Å². The fourth-order valence-corrected chi connectivity index (χ4v) is 6.33. The van der Waals surface area contributed by atoms with Gasteiger partial charge in [0.1, 0.15) is 11.6 Å². The van der Waals surface area contributed by atoms with E-state index >= 15 is 0 Å². The third-order valence-electron chi connectivity index (χ3n) is 7.09. The number of amides is 2. The second kappa shape index (κ2) is 6.38. The lowest BCUT2D eigenvalue weighted by Crippen LogP contribution is -2.57. The first-order chi connectivity index (χ1) is 15.0. The van der Waals surface area contributed by atoms with E-state index in [1.807, 2.05) is 52.1 Å². The van der Waals surface area contributed by atoms with E-state index in [9.17, 15) is 14.0 Å². The van der Waals surface area contributed by atoms with Crippen LogP contribution >= 0.6 is 0 Å². The molecule has 0 spiro atoms. The van der Waals surface area contributed by atoms with Gasteiger partial charge in [0.2, 0.25) is 0 Å². The van der Waals surface area contributed by atoms with Crippen molar-refractivity contribution in [2.45, 2.75) is 38.9 Å². The molecule has 5 rings (SSSR count). The molecule has 4 aromatic rings. The van der Waals surface area contributed by atoms with Crippen LogP contribution in [0.3, 0.4) is 0 Å². The van der Waals surface area contributed by atoms with Crippen LogP contribution in [0.2, 0.25) is 18.1 Å². The van der Waals surface area contributed by atoms with Gasteiger partial charge in [-0.2, -0.15) is 0 Å².